The van der Waals surface area contributed by atoms with Crippen LogP contribution in [0.5, 0.6) is 0 Å². The summed E-state index contributed by atoms with van der Waals surface area (Å²) < 4.78 is 1.70. The molecule has 0 aliphatic carbocycles. The molecule has 0 amide bonds. The Labute approximate surface area is 177 Å². The molecule has 4 nitrogen and oxygen atoms in total. The number of thiophene rings is 1. The molecular formula is C23H19N3OS2. The lowest BCUT2D eigenvalue weighted by atomic mass is 10.1. The first-order chi connectivity index (χ1) is 14.2. The van der Waals surface area contributed by atoms with E-state index in [1.807, 2.05) is 55.5 Å². The van der Waals surface area contributed by atoms with E-state index < -0.39 is 0 Å². The first-order valence-electron chi connectivity index (χ1n) is 9.37. The Kier molecular flexibility index (Phi) is 5.79. The van der Waals surface area contributed by atoms with Crippen molar-refractivity contribution in [1.29, 1.82) is 5.26 Å². The minimum absolute atomic E-state index is 0.0417. The van der Waals surface area contributed by atoms with Crippen LogP contribution in [0.4, 0.5) is 0 Å². The van der Waals surface area contributed by atoms with Crippen molar-refractivity contribution < 1.29 is 0 Å². The molecule has 0 radical (unpaired) electrons. The smallest absolute Gasteiger partial charge is 0.267 e. The molecule has 0 aliphatic rings. The fourth-order valence-electron chi connectivity index (χ4n) is 3.25. The van der Waals surface area contributed by atoms with E-state index in [2.05, 4.69) is 18.2 Å². The highest BCUT2D eigenvalue weighted by Crippen LogP contribution is 2.37. The first-order valence-corrected chi connectivity index (χ1v) is 11.2. The molecule has 0 aliphatic heterocycles. The molecule has 4 rings (SSSR count). The Morgan fingerprint density at radius 1 is 1.10 bits per heavy atom. The van der Waals surface area contributed by atoms with Gasteiger partial charge in [-0.2, -0.15) is 5.26 Å². The normalized spacial score (nSPS) is 10.9. The summed E-state index contributed by atoms with van der Waals surface area (Å²) in [5, 5.41) is 10.1. The van der Waals surface area contributed by atoms with Crippen molar-refractivity contribution in [3.63, 3.8) is 0 Å². The molecule has 0 atom stereocenters. The van der Waals surface area contributed by atoms with Gasteiger partial charge in [-0.15, -0.1) is 11.3 Å². The lowest BCUT2D eigenvalue weighted by Crippen LogP contribution is -2.21. The van der Waals surface area contributed by atoms with Crippen LogP contribution in [0.15, 0.2) is 70.6 Å². The van der Waals surface area contributed by atoms with Gasteiger partial charge >= 0.3 is 0 Å². The van der Waals surface area contributed by atoms with Gasteiger partial charge in [0.2, 0.25) is 0 Å². The van der Waals surface area contributed by atoms with Crippen molar-refractivity contribution in [3.8, 4) is 22.2 Å². The van der Waals surface area contributed by atoms with E-state index in [9.17, 15) is 4.79 Å². The van der Waals surface area contributed by atoms with Crippen LogP contribution in [0.3, 0.4) is 0 Å². The maximum absolute atomic E-state index is 13.6. The predicted molar refractivity (Wildman–Crippen MR) is 121 cm³/mol. The molecule has 2 aromatic heterocycles. The van der Waals surface area contributed by atoms with E-state index in [-0.39, 0.29) is 5.56 Å². The average molecular weight is 418 g/mol. The fourth-order valence-corrected chi connectivity index (χ4v) is 5.42. The van der Waals surface area contributed by atoms with Crippen molar-refractivity contribution in [3.05, 3.63) is 76.6 Å². The summed E-state index contributed by atoms with van der Waals surface area (Å²) in [7, 11) is 0. The van der Waals surface area contributed by atoms with Gasteiger partial charge in [0, 0.05) is 17.1 Å². The molecule has 2 aromatic carbocycles. The monoisotopic (exact) mass is 417 g/mol. The van der Waals surface area contributed by atoms with E-state index in [0.717, 1.165) is 38.7 Å². The summed E-state index contributed by atoms with van der Waals surface area (Å²) in [4.78, 5) is 20.3. The zero-order valence-electron chi connectivity index (χ0n) is 16.0. The topological polar surface area (TPSA) is 58.7 Å². The number of rotatable bonds is 6. The van der Waals surface area contributed by atoms with E-state index in [1.54, 1.807) is 15.9 Å². The number of fused-ring (bicyclic) bond motifs is 1. The van der Waals surface area contributed by atoms with E-state index in [1.165, 1.54) is 11.8 Å². The minimum Gasteiger partial charge on any atom is -0.268 e. The Hall–Kier alpha value is -2.88. The Bertz CT molecular complexity index is 1240. The molecule has 0 saturated heterocycles. The van der Waals surface area contributed by atoms with Crippen LogP contribution in [0.1, 0.15) is 18.4 Å². The van der Waals surface area contributed by atoms with Crippen molar-refractivity contribution in [2.75, 3.05) is 5.75 Å². The molecule has 29 heavy (non-hydrogen) atoms. The highest BCUT2D eigenvalue weighted by molar-refractivity contribution is 7.99. The molecule has 144 valence electrons. The summed E-state index contributed by atoms with van der Waals surface area (Å²) in [6, 6.07) is 21.9. The predicted octanol–water partition coefficient (Wildman–Crippen LogP) is 5.82. The third kappa shape index (κ3) is 3.84. The van der Waals surface area contributed by atoms with Crippen molar-refractivity contribution >= 4 is 33.3 Å². The average Bonchev–Trinajstić information content (AvgIpc) is 3.09. The zero-order chi connectivity index (χ0) is 20.2. The summed E-state index contributed by atoms with van der Waals surface area (Å²) in [5.41, 5.74) is 2.84. The standard InChI is InChI=1S/C23H19N3OS2/c1-16-19-21(29-20(16)17-10-4-2-5-11-17)25-23(28-15-9-8-14-24)26(22(19)27)18-12-6-3-7-13-18/h2-7,10-13H,8-9,15H2,1H3. The maximum atomic E-state index is 13.6. The Balaban J connectivity index is 1.91. The molecule has 2 heterocycles. The quantitative estimate of drug-likeness (QED) is 0.225. The molecule has 0 saturated carbocycles. The number of benzene rings is 2. The highest BCUT2D eigenvalue weighted by Gasteiger charge is 2.19. The Morgan fingerprint density at radius 2 is 1.79 bits per heavy atom. The maximum Gasteiger partial charge on any atom is 0.267 e. The number of nitrogens with zero attached hydrogens (tertiary/aromatic N) is 3. The molecular weight excluding hydrogens is 398 g/mol. The van der Waals surface area contributed by atoms with Crippen LogP contribution in [0, 0.1) is 18.3 Å². The fraction of sp³-hybridized carbons (Fsp3) is 0.174. The molecule has 0 unspecified atom stereocenters. The van der Waals surface area contributed by atoms with Crippen molar-refractivity contribution in [2.45, 2.75) is 24.9 Å². The van der Waals surface area contributed by atoms with Crippen LogP contribution in [0.25, 0.3) is 26.3 Å². The van der Waals surface area contributed by atoms with Crippen LogP contribution >= 0.6 is 23.1 Å². The molecule has 0 bridgehead atoms. The Morgan fingerprint density at radius 3 is 2.48 bits per heavy atom. The number of nitriles is 1. The molecule has 0 N–H and O–H groups in total. The SMILES string of the molecule is Cc1c(-c2ccccc2)sc2nc(SCCCC#N)n(-c3ccccc3)c(=O)c12. The number of aryl methyl sites for hydroxylation is 1. The second-order valence-electron chi connectivity index (χ2n) is 6.58. The van der Waals surface area contributed by atoms with Crippen molar-refractivity contribution in [1.82, 2.24) is 9.55 Å². The van der Waals surface area contributed by atoms with Gasteiger partial charge in [0.05, 0.1) is 17.1 Å². The number of hydrogen-bond donors (Lipinski definition) is 0. The molecule has 0 fully saturated rings. The summed E-state index contributed by atoms with van der Waals surface area (Å²) >= 11 is 3.09. The molecule has 6 heteroatoms. The van der Waals surface area contributed by atoms with E-state index in [4.69, 9.17) is 10.2 Å². The molecule has 4 aromatic rings. The van der Waals surface area contributed by atoms with Gasteiger partial charge in [-0.1, -0.05) is 60.3 Å². The number of thioether (sulfide) groups is 1. The second kappa shape index (κ2) is 8.64. The number of aromatic nitrogens is 2. The number of para-hydroxylation sites is 1. The van der Waals surface area contributed by atoms with Crippen LogP contribution in [0.2, 0.25) is 0 Å². The van der Waals surface area contributed by atoms with Gasteiger partial charge in [-0.3, -0.25) is 9.36 Å². The van der Waals surface area contributed by atoms with Gasteiger partial charge in [0.1, 0.15) is 4.83 Å². The number of unbranched alkanes of at least 4 members (excludes halogenated alkanes) is 1. The van der Waals surface area contributed by atoms with Gasteiger partial charge in [0.15, 0.2) is 5.16 Å². The lowest BCUT2D eigenvalue weighted by molar-refractivity contribution is 0.819. The largest absolute Gasteiger partial charge is 0.268 e. The second-order valence-corrected chi connectivity index (χ2v) is 8.64. The first kappa shape index (κ1) is 19.4. The van der Waals surface area contributed by atoms with Crippen LogP contribution in [-0.4, -0.2) is 15.3 Å². The van der Waals surface area contributed by atoms with Crippen LogP contribution in [-0.2, 0) is 0 Å². The zero-order valence-corrected chi connectivity index (χ0v) is 17.6. The van der Waals surface area contributed by atoms with Gasteiger partial charge in [-0.25, -0.2) is 4.98 Å². The summed E-state index contributed by atoms with van der Waals surface area (Å²) in [6.45, 7) is 2.00. The van der Waals surface area contributed by atoms with E-state index >= 15 is 0 Å². The highest BCUT2D eigenvalue weighted by atomic mass is 32.2. The lowest BCUT2D eigenvalue weighted by Gasteiger charge is -2.12. The third-order valence-corrected chi connectivity index (χ3v) is 6.91. The summed E-state index contributed by atoms with van der Waals surface area (Å²) in [6.07, 6.45) is 1.27. The molecule has 0 spiro atoms. The minimum atomic E-state index is -0.0417. The van der Waals surface area contributed by atoms with Crippen LogP contribution < -0.4 is 5.56 Å². The number of hydrogen-bond acceptors (Lipinski definition) is 5. The van der Waals surface area contributed by atoms with Gasteiger partial charge < -0.3 is 0 Å². The third-order valence-electron chi connectivity index (χ3n) is 4.65. The van der Waals surface area contributed by atoms with Gasteiger partial charge in [-0.05, 0) is 36.6 Å². The van der Waals surface area contributed by atoms with Crippen molar-refractivity contribution in [2.24, 2.45) is 0 Å². The summed E-state index contributed by atoms with van der Waals surface area (Å²) in [5.74, 6) is 0.744. The van der Waals surface area contributed by atoms with E-state index in [0.29, 0.717) is 17.0 Å². The van der Waals surface area contributed by atoms with Gasteiger partial charge in [0.25, 0.3) is 5.56 Å².